The van der Waals surface area contributed by atoms with Crippen molar-refractivity contribution >= 4 is 63.7 Å². The summed E-state index contributed by atoms with van der Waals surface area (Å²) in [7, 11) is 0. The predicted molar refractivity (Wildman–Crippen MR) is 251 cm³/mol. The maximum Gasteiger partial charge on any atom is 0.410 e. The summed E-state index contributed by atoms with van der Waals surface area (Å²) in [6.45, 7) is 17.7. The fraction of sp³-hybridized carbons (Fsp3) is 0.413. The molecule has 0 saturated carbocycles. The second-order valence-corrected chi connectivity index (χ2v) is 17.2. The molecule has 0 spiro atoms. The smallest absolute Gasteiger partial charge is 0.410 e. The first-order valence-electron chi connectivity index (χ1n) is 22.3. The molecule has 1 saturated heterocycles. The molecule has 1 aliphatic heterocycles. The van der Waals surface area contributed by atoms with Crippen molar-refractivity contribution in [2.75, 3.05) is 50.0 Å². The van der Waals surface area contributed by atoms with Crippen LogP contribution in [0.25, 0.3) is 22.1 Å². The maximum absolute atomic E-state index is 13.9. The molecule has 2 aromatic carbocycles. The Bertz CT molecular complexity index is 2870. The molecular formula is C46H58N14O7. The Balaban J connectivity index is 1.17. The summed E-state index contributed by atoms with van der Waals surface area (Å²) < 4.78 is 18.7. The van der Waals surface area contributed by atoms with Crippen LogP contribution in [0.3, 0.4) is 0 Å². The zero-order valence-electron chi connectivity index (χ0n) is 39.0. The maximum atomic E-state index is 13.9. The highest BCUT2D eigenvalue weighted by Gasteiger charge is 2.27. The molecule has 0 bridgehead atoms. The quantitative estimate of drug-likeness (QED) is 0.0716. The number of amides is 5. The average molecular weight is 919 g/mol. The van der Waals surface area contributed by atoms with Crippen LogP contribution >= 0.6 is 0 Å². The van der Waals surface area contributed by atoms with Crippen molar-refractivity contribution in [3.05, 3.63) is 88.5 Å². The molecule has 6 aromatic rings. The number of hydrogen-bond acceptors (Lipinski definition) is 12. The summed E-state index contributed by atoms with van der Waals surface area (Å²) in [5, 5.41) is 14.7. The van der Waals surface area contributed by atoms with E-state index in [0.29, 0.717) is 103 Å². The SMILES string of the molecule is CCn1nc(C)cc1C(=O)Nc1nc2cc(C(N)=O)ccc2n1C/C=C/Cn1c(NC(=O)c2cc(C)nn2CC)nc2cc(C(N)=O)cc(OCCCN3CCN(C(=O)OC(C)(C)C)CC3)c21. The van der Waals surface area contributed by atoms with E-state index < -0.39 is 29.2 Å². The third-order valence-electron chi connectivity index (χ3n) is 11.1. The number of aromatic nitrogens is 8. The van der Waals surface area contributed by atoms with Gasteiger partial charge < -0.3 is 35.0 Å². The van der Waals surface area contributed by atoms with E-state index in [4.69, 9.17) is 25.9 Å². The van der Waals surface area contributed by atoms with E-state index in [1.54, 1.807) is 72.8 Å². The summed E-state index contributed by atoms with van der Waals surface area (Å²) in [6.07, 6.45) is 4.04. The van der Waals surface area contributed by atoms with Gasteiger partial charge in [-0.15, -0.1) is 0 Å². The Hall–Kier alpha value is -7.55. The van der Waals surface area contributed by atoms with E-state index in [0.717, 1.165) is 0 Å². The summed E-state index contributed by atoms with van der Waals surface area (Å²) in [4.78, 5) is 78.2. The Kier molecular flexibility index (Phi) is 14.1. The third kappa shape index (κ3) is 10.9. The van der Waals surface area contributed by atoms with Crippen LogP contribution in [0.4, 0.5) is 16.7 Å². The number of benzene rings is 2. The van der Waals surface area contributed by atoms with Crippen molar-refractivity contribution in [1.29, 1.82) is 0 Å². The van der Waals surface area contributed by atoms with Gasteiger partial charge in [0, 0.05) is 70.0 Å². The average Bonchev–Trinajstić information content (AvgIpc) is 4.05. The van der Waals surface area contributed by atoms with Crippen LogP contribution in [-0.4, -0.2) is 123 Å². The topological polar surface area (TPSA) is 258 Å². The highest BCUT2D eigenvalue weighted by Crippen LogP contribution is 2.32. The minimum atomic E-state index is -0.676. The lowest BCUT2D eigenvalue weighted by Gasteiger charge is -2.35. The van der Waals surface area contributed by atoms with Gasteiger partial charge in [-0.1, -0.05) is 12.2 Å². The lowest BCUT2D eigenvalue weighted by atomic mass is 10.1. The molecule has 7 rings (SSSR count). The molecule has 0 radical (unpaired) electrons. The molecule has 1 aliphatic rings. The normalized spacial score (nSPS) is 13.4. The molecule has 5 heterocycles. The molecule has 0 atom stereocenters. The van der Waals surface area contributed by atoms with Crippen molar-refractivity contribution in [2.24, 2.45) is 11.5 Å². The Morgan fingerprint density at radius 1 is 0.731 bits per heavy atom. The first-order chi connectivity index (χ1) is 31.9. The molecule has 67 heavy (non-hydrogen) atoms. The minimum absolute atomic E-state index is 0.168. The Labute approximate surface area is 387 Å². The number of rotatable bonds is 17. The van der Waals surface area contributed by atoms with Crippen LogP contribution < -0.4 is 26.8 Å². The molecule has 354 valence electrons. The molecule has 6 N–H and O–H groups in total. The summed E-state index contributed by atoms with van der Waals surface area (Å²) in [5.74, 6) is -1.38. The number of aryl methyl sites for hydroxylation is 4. The van der Waals surface area contributed by atoms with Crippen LogP contribution in [0, 0.1) is 13.8 Å². The van der Waals surface area contributed by atoms with Crippen LogP contribution in [0.15, 0.2) is 54.6 Å². The van der Waals surface area contributed by atoms with Gasteiger partial charge >= 0.3 is 6.09 Å². The molecule has 0 aliphatic carbocycles. The predicted octanol–water partition coefficient (Wildman–Crippen LogP) is 4.72. The molecule has 21 nitrogen and oxygen atoms in total. The van der Waals surface area contributed by atoms with E-state index in [2.05, 4.69) is 30.7 Å². The van der Waals surface area contributed by atoms with Gasteiger partial charge in [0.2, 0.25) is 23.7 Å². The number of nitrogens with zero attached hydrogens (tertiary/aromatic N) is 10. The molecule has 4 aromatic heterocycles. The van der Waals surface area contributed by atoms with Crippen molar-refractivity contribution in [3.63, 3.8) is 0 Å². The van der Waals surface area contributed by atoms with Crippen molar-refractivity contribution in [2.45, 2.75) is 86.7 Å². The fourth-order valence-electron chi connectivity index (χ4n) is 7.90. The number of nitrogens with two attached hydrogens (primary N) is 2. The number of carbonyl (C=O) groups excluding carboxylic acids is 5. The first-order valence-corrected chi connectivity index (χ1v) is 22.3. The third-order valence-corrected chi connectivity index (χ3v) is 11.1. The number of anilines is 2. The largest absolute Gasteiger partial charge is 0.491 e. The van der Waals surface area contributed by atoms with Crippen LogP contribution in [0.5, 0.6) is 5.75 Å². The number of imidazole rings is 2. The first kappa shape index (κ1) is 47.4. The second-order valence-electron chi connectivity index (χ2n) is 17.2. The number of carbonyl (C=O) groups is 5. The van der Waals surface area contributed by atoms with E-state index in [9.17, 15) is 24.0 Å². The highest BCUT2D eigenvalue weighted by atomic mass is 16.6. The van der Waals surface area contributed by atoms with Gasteiger partial charge in [0.25, 0.3) is 11.8 Å². The van der Waals surface area contributed by atoms with Gasteiger partial charge in [-0.25, -0.2) is 14.8 Å². The zero-order valence-corrected chi connectivity index (χ0v) is 39.0. The standard InChI is InChI=1S/C46H58N14O7/c1-8-59-35(23-28(3)53-59)41(63)51-43-49-32-25-30(39(47)61)13-14-34(32)57(43)16-10-11-17-58-38-33(50-44(58)52-42(64)36-24-29(4)54-60(36)9-2)26-31(40(48)62)27-37(38)66-22-12-15-55-18-20-56(21-19-55)45(65)67-46(5,6)7/h10-11,13-14,23-27H,8-9,12,15-22H2,1-7H3,(H2,47,61)(H2,48,62)(H,49,51,63)(H,50,52,64)/b11-10+. The van der Waals surface area contributed by atoms with E-state index in [-0.39, 0.29) is 48.8 Å². The van der Waals surface area contributed by atoms with Crippen LogP contribution in [0.2, 0.25) is 0 Å². The van der Waals surface area contributed by atoms with E-state index in [1.165, 1.54) is 0 Å². The lowest BCUT2D eigenvalue weighted by molar-refractivity contribution is 0.0141. The van der Waals surface area contributed by atoms with Crippen LogP contribution in [-0.2, 0) is 30.9 Å². The minimum Gasteiger partial charge on any atom is -0.491 e. The molecule has 5 amide bonds. The number of allylic oxidation sites excluding steroid dienone is 2. The summed E-state index contributed by atoms with van der Waals surface area (Å²) in [5.41, 5.74) is 15.3. The summed E-state index contributed by atoms with van der Waals surface area (Å²) >= 11 is 0. The Morgan fingerprint density at radius 3 is 1.85 bits per heavy atom. The van der Waals surface area contributed by atoms with Crippen molar-refractivity contribution < 1.29 is 33.4 Å². The monoisotopic (exact) mass is 918 g/mol. The Morgan fingerprint density at radius 2 is 1.28 bits per heavy atom. The zero-order chi connectivity index (χ0) is 48.2. The van der Waals surface area contributed by atoms with Crippen molar-refractivity contribution in [3.8, 4) is 5.75 Å². The number of nitrogens with one attached hydrogen (secondary N) is 2. The number of ether oxygens (including phenoxy) is 2. The van der Waals surface area contributed by atoms with E-state index in [1.807, 2.05) is 53.7 Å². The number of hydrogen-bond donors (Lipinski definition) is 4. The molecule has 1 fully saturated rings. The van der Waals surface area contributed by atoms with Gasteiger partial charge in [0.1, 0.15) is 28.3 Å². The number of fused-ring (bicyclic) bond motifs is 2. The fourth-order valence-corrected chi connectivity index (χ4v) is 7.90. The van der Waals surface area contributed by atoms with Gasteiger partial charge in [0.05, 0.1) is 34.5 Å². The lowest BCUT2D eigenvalue weighted by Crippen LogP contribution is -2.50. The van der Waals surface area contributed by atoms with Crippen LogP contribution in [0.1, 0.15) is 94.1 Å². The van der Waals surface area contributed by atoms with Gasteiger partial charge in [-0.3, -0.25) is 44.1 Å². The number of piperazine rings is 1. The molecule has 0 unspecified atom stereocenters. The van der Waals surface area contributed by atoms with Gasteiger partial charge in [-0.05, 0) is 97.4 Å². The molecule has 21 heteroatoms. The van der Waals surface area contributed by atoms with Crippen molar-refractivity contribution in [1.82, 2.24) is 48.5 Å². The van der Waals surface area contributed by atoms with Gasteiger partial charge in [0.15, 0.2) is 0 Å². The number of primary amides is 2. The highest BCUT2D eigenvalue weighted by molar-refractivity contribution is 6.05. The summed E-state index contributed by atoms with van der Waals surface area (Å²) in [6, 6.07) is 11.4. The van der Waals surface area contributed by atoms with E-state index >= 15 is 0 Å². The second kappa shape index (κ2) is 19.9. The molecular weight excluding hydrogens is 861 g/mol. The van der Waals surface area contributed by atoms with Gasteiger partial charge in [-0.2, -0.15) is 10.2 Å².